The van der Waals surface area contributed by atoms with Crippen molar-refractivity contribution in [2.24, 2.45) is 0 Å². The molecule has 0 aliphatic heterocycles. The van der Waals surface area contributed by atoms with E-state index in [0.717, 1.165) is 0 Å². The largest absolute Gasteiger partial charge is 0.480 e. The van der Waals surface area contributed by atoms with Crippen LogP contribution in [0.25, 0.3) is 0 Å². The number of hydrogen-bond donors (Lipinski definition) is 3. The highest BCUT2D eigenvalue weighted by Gasteiger charge is 1.95. The van der Waals surface area contributed by atoms with Crippen molar-refractivity contribution >= 4 is 5.97 Å². The van der Waals surface area contributed by atoms with Crippen LogP contribution in [0.4, 0.5) is 0 Å². The fraction of sp³-hybridized carbons (Fsp3) is 0.800. The van der Waals surface area contributed by atoms with E-state index in [1.807, 2.05) is 13.8 Å². The van der Waals surface area contributed by atoms with E-state index in [2.05, 4.69) is 5.32 Å². The topological polar surface area (TPSA) is 84.3 Å². The summed E-state index contributed by atoms with van der Waals surface area (Å²) in [6, 6.07) is 0.256. The predicted molar refractivity (Wildman–Crippen MR) is 35.8 cm³/mol. The molecule has 0 spiro atoms. The highest BCUT2D eigenvalue weighted by molar-refractivity contribution is 5.69. The summed E-state index contributed by atoms with van der Waals surface area (Å²) < 4.78 is 0. The minimum absolute atomic E-state index is 0. The maximum Gasteiger partial charge on any atom is 0.317 e. The van der Waals surface area contributed by atoms with E-state index in [1.165, 1.54) is 0 Å². The van der Waals surface area contributed by atoms with Crippen LogP contribution in [-0.2, 0) is 4.79 Å². The van der Waals surface area contributed by atoms with Crippen LogP contribution in [0.1, 0.15) is 13.8 Å². The summed E-state index contributed by atoms with van der Waals surface area (Å²) in [5, 5.41) is 10.8. The lowest BCUT2D eigenvalue weighted by Crippen LogP contribution is -2.28. The Bertz CT molecular complexity index is 83.0. The first kappa shape index (κ1) is 11.2. The Hall–Kier alpha value is -0.610. The van der Waals surface area contributed by atoms with Crippen molar-refractivity contribution < 1.29 is 9.90 Å². The third-order valence-corrected chi connectivity index (χ3v) is 0.662. The fourth-order valence-corrected chi connectivity index (χ4v) is 0.291. The smallest absolute Gasteiger partial charge is 0.317 e. The molecule has 0 unspecified atom stereocenters. The molecule has 0 saturated heterocycles. The SMILES string of the molecule is CC(C)NCC(=O)O.N. The van der Waals surface area contributed by atoms with Gasteiger partial charge in [0.2, 0.25) is 0 Å². The number of carboxylic acid groups (broad SMARTS) is 1. The minimum Gasteiger partial charge on any atom is -0.480 e. The monoisotopic (exact) mass is 134 g/mol. The second-order valence-electron chi connectivity index (χ2n) is 1.93. The molecule has 0 amide bonds. The summed E-state index contributed by atoms with van der Waals surface area (Å²) in [6.07, 6.45) is 0. The summed E-state index contributed by atoms with van der Waals surface area (Å²) in [6.45, 7) is 3.86. The second-order valence-corrected chi connectivity index (χ2v) is 1.93. The van der Waals surface area contributed by atoms with E-state index in [4.69, 9.17) is 5.11 Å². The predicted octanol–water partition coefficient (Wildman–Crippen LogP) is 0.231. The van der Waals surface area contributed by atoms with Crippen molar-refractivity contribution in [1.29, 1.82) is 0 Å². The molecule has 0 aromatic carbocycles. The molecular weight excluding hydrogens is 120 g/mol. The fourth-order valence-electron chi connectivity index (χ4n) is 0.291. The van der Waals surface area contributed by atoms with Crippen molar-refractivity contribution in [2.45, 2.75) is 19.9 Å². The van der Waals surface area contributed by atoms with E-state index < -0.39 is 5.97 Å². The lowest BCUT2D eigenvalue weighted by Gasteiger charge is -2.02. The van der Waals surface area contributed by atoms with Gasteiger partial charge in [-0.05, 0) is 0 Å². The number of carboxylic acids is 1. The molecule has 0 radical (unpaired) electrons. The summed E-state index contributed by atoms with van der Waals surface area (Å²) in [5.74, 6) is -0.807. The Morgan fingerprint density at radius 2 is 2.11 bits per heavy atom. The van der Waals surface area contributed by atoms with Gasteiger partial charge in [0, 0.05) is 6.04 Å². The molecule has 0 aliphatic carbocycles. The molecule has 56 valence electrons. The number of carbonyl (C=O) groups is 1. The van der Waals surface area contributed by atoms with Gasteiger partial charge in [0.15, 0.2) is 0 Å². The average Bonchev–Trinajstić information content (AvgIpc) is 1.61. The molecule has 4 heteroatoms. The number of nitrogens with one attached hydrogen (secondary N) is 1. The van der Waals surface area contributed by atoms with Crippen molar-refractivity contribution in [3.63, 3.8) is 0 Å². The molecule has 0 saturated carbocycles. The van der Waals surface area contributed by atoms with Crippen LogP contribution < -0.4 is 11.5 Å². The zero-order valence-electron chi connectivity index (χ0n) is 5.85. The van der Waals surface area contributed by atoms with Gasteiger partial charge in [0.25, 0.3) is 0 Å². The highest BCUT2D eigenvalue weighted by atomic mass is 16.4. The first-order chi connectivity index (χ1) is 3.63. The molecule has 0 aromatic heterocycles. The Kier molecular flexibility index (Phi) is 6.89. The molecule has 9 heavy (non-hydrogen) atoms. The zero-order chi connectivity index (χ0) is 6.57. The Balaban J connectivity index is 0. The number of rotatable bonds is 3. The molecule has 0 bridgehead atoms. The first-order valence-electron chi connectivity index (χ1n) is 2.58. The van der Waals surface area contributed by atoms with Gasteiger partial charge in [-0.2, -0.15) is 0 Å². The molecule has 0 aromatic rings. The summed E-state index contributed by atoms with van der Waals surface area (Å²) in [5.41, 5.74) is 0. The summed E-state index contributed by atoms with van der Waals surface area (Å²) in [7, 11) is 0. The molecule has 0 atom stereocenters. The van der Waals surface area contributed by atoms with Gasteiger partial charge < -0.3 is 16.6 Å². The van der Waals surface area contributed by atoms with E-state index in [0.29, 0.717) is 0 Å². The standard InChI is InChI=1S/C5H11NO2.H3N/c1-4(2)6-3-5(7)8;/h4,6H,3H2,1-2H3,(H,7,8);1H3. The zero-order valence-corrected chi connectivity index (χ0v) is 5.85. The van der Waals surface area contributed by atoms with E-state index in [-0.39, 0.29) is 18.7 Å². The normalized spacial score (nSPS) is 8.78. The lowest BCUT2D eigenvalue weighted by atomic mass is 10.4. The highest BCUT2D eigenvalue weighted by Crippen LogP contribution is 1.72. The molecule has 0 rings (SSSR count). The van der Waals surface area contributed by atoms with Gasteiger partial charge in [-0.3, -0.25) is 4.79 Å². The van der Waals surface area contributed by atoms with E-state index in [1.54, 1.807) is 0 Å². The van der Waals surface area contributed by atoms with Crippen molar-refractivity contribution in [2.75, 3.05) is 6.54 Å². The van der Waals surface area contributed by atoms with Crippen LogP contribution in [0.3, 0.4) is 0 Å². The van der Waals surface area contributed by atoms with Gasteiger partial charge in [-0.1, -0.05) is 13.8 Å². The van der Waals surface area contributed by atoms with Crippen LogP contribution in [-0.4, -0.2) is 23.7 Å². The van der Waals surface area contributed by atoms with Crippen LogP contribution in [0.2, 0.25) is 0 Å². The quantitative estimate of drug-likeness (QED) is 0.516. The first-order valence-corrected chi connectivity index (χ1v) is 2.58. The van der Waals surface area contributed by atoms with Crippen molar-refractivity contribution in [3.05, 3.63) is 0 Å². The Labute approximate surface area is 54.8 Å². The van der Waals surface area contributed by atoms with Crippen LogP contribution in [0.15, 0.2) is 0 Å². The second kappa shape index (κ2) is 5.53. The third kappa shape index (κ3) is 11.1. The van der Waals surface area contributed by atoms with Crippen LogP contribution >= 0.6 is 0 Å². The maximum absolute atomic E-state index is 9.84. The van der Waals surface area contributed by atoms with Gasteiger partial charge in [-0.25, -0.2) is 0 Å². The molecular formula is C5H14N2O2. The Morgan fingerprint density at radius 1 is 1.67 bits per heavy atom. The summed E-state index contributed by atoms with van der Waals surface area (Å²) in [4.78, 5) is 9.84. The Morgan fingerprint density at radius 3 is 2.22 bits per heavy atom. The van der Waals surface area contributed by atoms with Gasteiger partial charge in [-0.15, -0.1) is 0 Å². The summed E-state index contributed by atoms with van der Waals surface area (Å²) >= 11 is 0. The third-order valence-electron chi connectivity index (χ3n) is 0.662. The van der Waals surface area contributed by atoms with Crippen molar-refractivity contribution in [3.8, 4) is 0 Å². The van der Waals surface area contributed by atoms with Crippen LogP contribution in [0.5, 0.6) is 0 Å². The number of hydrogen-bond acceptors (Lipinski definition) is 3. The molecule has 0 heterocycles. The molecule has 0 fully saturated rings. The number of aliphatic carboxylic acids is 1. The van der Waals surface area contributed by atoms with E-state index >= 15 is 0 Å². The molecule has 4 nitrogen and oxygen atoms in total. The van der Waals surface area contributed by atoms with Gasteiger partial charge >= 0.3 is 5.97 Å². The van der Waals surface area contributed by atoms with Crippen LogP contribution in [0, 0.1) is 0 Å². The lowest BCUT2D eigenvalue weighted by molar-refractivity contribution is -0.136. The maximum atomic E-state index is 9.84. The van der Waals surface area contributed by atoms with Crippen molar-refractivity contribution in [1.82, 2.24) is 11.5 Å². The van der Waals surface area contributed by atoms with Gasteiger partial charge in [0.05, 0.1) is 6.54 Å². The van der Waals surface area contributed by atoms with Gasteiger partial charge in [0.1, 0.15) is 0 Å². The molecule has 5 N–H and O–H groups in total. The molecule has 0 aliphatic rings. The average molecular weight is 134 g/mol. The van der Waals surface area contributed by atoms with E-state index in [9.17, 15) is 4.79 Å². The minimum atomic E-state index is -0.807.